The molecule has 0 fully saturated rings. The molecule has 0 saturated carbocycles. The number of Topliss-reactive ketones (excluding diaryl/α,β-unsaturated/α-hetero) is 1. The van der Waals surface area contributed by atoms with Gasteiger partial charge in [-0.3, -0.25) is 14.4 Å². The number of hydrogen-bond donors (Lipinski definition) is 2. The molecule has 2 amide bonds. The van der Waals surface area contributed by atoms with Crippen LogP contribution in [0.2, 0.25) is 0 Å². The molecule has 0 aromatic heterocycles. The monoisotopic (exact) mass is 317 g/mol. The van der Waals surface area contributed by atoms with Crippen LogP contribution in [0, 0.1) is 0 Å². The van der Waals surface area contributed by atoms with Crippen molar-refractivity contribution in [2.75, 3.05) is 0 Å². The van der Waals surface area contributed by atoms with Crippen LogP contribution in [-0.4, -0.2) is 29.3 Å². The SMILES string of the molecule is CC(=O)CC(=O)ONC(=O)c1ccc(C2=NNC(=O)CC2)cc1. The van der Waals surface area contributed by atoms with E-state index in [4.69, 9.17) is 0 Å². The molecule has 1 heterocycles. The van der Waals surface area contributed by atoms with Crippen LogP contribution < -0.4 is 10.9 Å². The van der Waals surface area contributed by atoms with Gasteiger partial charge in [0, 0.05) is 18.4 Å². The molecule has 0 spiro atoms. The quantitative estimate of drug-likeness (QED) is 0.619. The van der Waals surface area contributed by atoms with Crippen molar-refractivity contribution < 1.29 is 24.0 Å². The number of carbonyl (C=O) groups is 4. The van der Waals surface area contributed by atoms with Gasteiger partial charge in [-0.2, -0.15) is 10.6 Å². The minimum Gasteiger partial charge on any atom is -0.340 e. The molecule has 1 aromatic carbocycles. The lowest BCUT2D eigenvalue weighted by Gasteiger charge is -2.12. The third-order valence-corrected chi connectivity index (χ3v) is 3.04. The first kappa shape index (κ1) is 16.3. The lowest BCUT2D eigenvalue weighted by Crippen LogP contribution is -2.28. The number of benzene rings is 1. The lowest BCUT2D eigenvalue weighted by atomic mass is 10.0. The van der Waals surface area contributed by atoms with Crippen molar-refractivity contribution in [2.45, 2.75) is 26.2 Å². The van der Waals surface area contributed by atoms with Gasteiger partial charge in [-0.25, -0.2) is 10.2 Å². The first-order valence-electron chi connectivity index (χ1n) is 6.91. The second-order valence-electron chi connectivity index (χ2n) is 4.95. The van der Waals surface area contributed by atoms with Crippen molar-refractivity contribution >= 4 is 29.3 Å². The molecule has 0 radical (unpaired) electrons. The Morgan fingerprint density at radius 3 is 2.48 bits per heavy atom. The van der Waals surface area contributed by atoms with Crippen LogP contribution >= 0.6 is 0 Å². The zero-order valence-corrected chi connectivity index (χ0v) is 12.4. The van der Waals surface area contributed by atoms with Gasteiger partial charge in [0.05, 0.1) is 5.71 Å². The Bertz CT molecular complexity index is 679. The maximum Gasteiger partial charge on any atom is 0.339 e. The smallest absolute Gasteiger partial charge is 0.339 e. The molecule has 8 nitrogen and oxygen atoms in total. The van der Waals surface area contributed by atoms with Crippen LogP contribution in [-0.2, 0) is 19.2 Å². The van der Waals surface area contributed by atoms with Crippen molar-refractivity contribution in [1.29, 1.82) is 0 Å². The van der Waals surface area contributed by atoms with Gasteiger partial charge in [-0.1, -0.05) is 12.1 Å². The number of carbonyl (C=O) groups excluding carboxylic acids is 4. The van der Waals surface area contributed by atoms with Gasteiger partial charge in [0.2, 0.25) is 5.91 Å². The van der Waals surface area contributed by atoms with Crippen molar-refractivity contribution in [3.8, 4) is 0 Å². The molecule has 23 heavy (non-hydrogen) atoms. The summed E-state index contributed by atoms with van der Waals surface area (Å²) in [6.07, 6.45) is 0.498. The highest BCUT2D eigenvalue weighted by atomic mass is 16.7. The number of ketones is 1. The van der Waals surface area contributed by atoms with Gasteiger partial charge in [0.25, 0.3) is 5.91 Å². The molecule has 1 aromatic rings. The van der Waals surface area contributed by atoms with Gasteiger partial charge in [-0.05, 0) is 24.6 Å². The van der Waals surface area contributed by atoms with E-state index in [2.05, 4.69) is 15.4 Å². The summed E-state index contributed by atoms with van der Waals surface area (Å²) < 4.78 is 0. The maximum atomic E-state index is 11.8. The van der Waals surface area contributed by atoms with Crippen LogP contribution in [0.4, 0.5) is 0 Å². The van der Waals surface area contributed by atoms with Crippen molar-refractivity contribution in [2.24, 2.45) is 5.10 Å². The summed E-state index contributed by atoms with van der Waals surface area (Å²) in [7, 11) is 0. The molecular weight excluding hydrogens is 302 g/mol. The molecule has 8 heteroatoms. The number of nitrogens with one attached hydrogen (secondary N) is 2. The average Bonchev–Trinajstić information content (AvgIpc) is 2.53. The first-order valence-corrected chi connectivity index (χ1v) is 6.91. The summed E-state index contributed by atoms with van der Waals surface area (Å²) in [5.41, 5.74) is 6.18. The normalized spacial score (nSPS) is 13.6. The van der Waals surface area contributed by atoms with Crippen molar-refractivity contribution in [1.82, 2.24) is 10.9 Å². The predicted octanol–water partition coefficient (Wildman–Crippen LogP) is 0.468. The van der Waals surface area contributed by atoms with Crippen LogP contribution in [0.5, 0.6) is 0 Å². The van der Waals surface area contributed by atoms with E-state index >= 15 is 0 Å². The minimum absolute atomic E-state index is 0.128. The second-order valence-corrected chi connectivity index (χ2v) is 4.95. The Hall–Kier alpha value is -3.03. The van der Waals surface area contributed by atoms with Crippen LogP contribution in [0.3, 0.4) is 0 Å². The van der Waals surface area contributed by atoms with Crippen molar-refractivity contribution in [3.05, 3.63) is 35.4 Å². The van der Waals surface area contributed by atoms with Gasteiger partial charge < -0.3 is 4.84 Å². The number of nitrogens with zero attached hydrogens (tertiary/aromatic N) is 1. The standard InChI is InChI=1S/C15H15N3O5/c1-9(19)8-14(21)23-18-15(22)11-4-2-10(3-5-11)12-6-7-13(20)17-16-12/h2-5H,6-8H2,1H3,(H,17,20)(H,18,22). The van der Waals surface area contributed by atoms with E-state index in [1.54, 1.807) is 24.3 Å². The Kier molecular flexibility index (Phi) is 5.19. The highest BCUT2D eigenvalue weighted by molar-refractivity contribution is 6.05. The summed E-state index contributed by atoms with van der Waals surface area (Å²) in [5.74, 6) is -1.91. The molecule has 0 atom stereocenters. The van der Waals surface area contributed by atoms with Crippen molar-refractivity contribution in [3.63, 3.8) is 0 Å². The molecule has 1 aliphatic rings. The van der Waals surface area contributed by atoms with Crippen LogP contribution in [0.1, 0.15) is 42.1 Å². The van der Waals surface area contributed by atoms with Gasteiger partial charge >= 0.3 is 5.97 Å². The number of amides is 2. The van der Waals surface area contributed by atoms with Crippen LogP contribution in [0.15, 0.2) is 29.4 Å². The summed E-state index contributed by atoms with van der Waals surface area (Å²) in [5, 5.41) is 3.96. The number of rotatable bonds is 4. The Morgan fingerprint density at radius 1 is 1.22 bits per heavy atom. The van der Waals surface area contributed by atoms with Gasteiger partial charge in [0.15, 0.2) is 0 Å². The fourth-order valence-corrected chi connectivity index (χ4v) is 1.90. The minimum atomic E-state index is -0.824. The topological polar surface area (TPSA) is 114 Å². The Morgan fingerprint density at radius 2 is 1.91 bits per heavy atom. The predicted molar refractivity (Wildman–Crippen MR) is 79.2 cm³/mol. The zero-order valence-electron chi connectivity index (χ0n) is 12.4. The third-order valence-electron chi connectivity index (χ3n) is 3.04. The van der Waals surface area contributed by atoms with E-state index in [1.165, 1.54) is 6.92 Å². The second kappa shape index (κ2) is 7.30. The molecule has 0 unspecified atom stereocenters. The first-order chi connectivity index (χ1) is 11.0. The average molecular weight is 317 g/mol. The maximum absolute atomic E-state index is 11.8. The van der Waals surface area contributed by atoms with E-state index in [9.17, 15) is 19.2 Å². The van der Waals surface area contributed by atoms with E-state index in [0.29, 0.717) is 12.8 Å². The van der Waals surface area contributed by atoms with E-state index in [-0.39, 0.29) is 17.3 Å². The zero-order chi connectivity index (χ0) is 16.8. The number of hydrazone groups is 1. The number of hydroxylamine groups is 1. The van der Waals surface area contributed by atoms with E-state index < -0.39 is 18.3 Å². The molecule has 1 aliphatic heterocycles. The summed E-state index contributed by atoms with van der Waals surface area (Å²) in [6, 6.07) is 6.45. The summed E-state index contributed by atoms with van der Waals surface area (Å²) >= 11 is 0. The van der Waals surface area contributed by atoms with Gasteiger partial charge in [0.1, 0.15) is 12.2 Å². The highest BCUT2D eigenvalue weighted by Crippen LogP contribution is 2.11. The molecule has 0 bridgehead atoms. The fourth-order valence-electron chi connectivity index (χ4n) is 1.90. The lowest BCUT2D eigenvalue weighted by molar-refractivity contribution is -0.150. The Balaban J connectivity index is 1.94. The fraction of sp³-hybridized carbons (Fsp3) is 0.267. The summed E-state index contributed by atoms with van der Waals surface area (Å²) in [6.45, 7) is 1.25. The molecule has 0 saturated heterocycles. The molecule has 0 aliphatic carbocycles. The largest absolute Gasteiger partial charge is 0.340 e. The molecule has 2 rings (SSSR count). The Labute approximate surface area is 131 Å². The van der Waals surface area contributed by atoms with Gasteiger partial charge in [-0.15, -0.1) is 0 Å². The van der Waals surface area contributed by atoms with E-state index in [1.807, 2.05) is 5.48 Å². The van der Waals surface area contributed by atoms with E-state index in [0.717, 1.165) is 11.3 Å². The number of hydrogen-bond acceptors (Lipinski definition) is 6. The molecule has 120 valence electrons. The summed E-state index contributed by atoms with van der Waals surface area (Å²) in [4.78, 5) is 49.2. The molecular formula is C15H15N3O5. The third kappa shape index (κ3) is 4.73. The highest BCUT2D eigenvalue weighted by Gasteiger charge is 2.14. The molecule has 2 N–H and O–H groups in total. The van der Waals surface area contributed by atoms with Crippen LogP contribution in [0.25, 0.3) is 0 Å².